The molecule has 58 valence electrons. The monoisotopic (exact) mass is 148 g/mol. The minimum Gasteiger partial charge on any atom is -0.265 e. The number of rotatable bonds is 3. The standard InChI is InChI=1S/C9H14BN/c1-3-10(4-2)9-6-5-7-11-8-9/h5-8H,3-4H2,1-2H3/i5D. The summed E-state index contributed by atoms with van der Waals surface area (Å²) in [6, 6.07) is 2.42. The number of hydrogen-bond acceptors (Lipinski definition) is 1. The summed E-state index contributed by atoms with van der Waals surface area (Å²) in [5.74, 6) is 0. The summed E-state index contributed by atoms with van der Waals surface area (Å²) in [7, 11) is 0. The van der Waals surface area contributed by atoms with Crippen LogP contribution in [0, 0.1) is 0 Å². The van der Waals surface area contributed by atoms with Crippen molar-refractivity contribution in [2.75, 3.05) is 0 Å². The Morgan fingerprint density at radius 1 is 1.55 bits per heavy atom. The minimum atomic E-state index is 0.513. The molecule has 1 rings (SSSR count). The lowest BCUT2D eigenvalue weighted by atomic mass is 9.42. The van der Waals surface area contributed by atoms with Gasteiger partial charge >= 0.3 is 0 Å². The molecule has 1 aromatic heterocycles. The largest absolute Gasteiger partial charge is 0.265 e. The van der Waals surface area contributed by atoms with Gasteiger partial charge in [0.2, 0.25) is 0 Å². The average Bonchev–Trinajstić information content (AvgIpc) is 2.07. The maximum Gasteiger partial charge on any atom is 0.177 e. The molecule has 2 heteroatoms. The highest BCUT2D eigenvalue weighted by Crippen LogP contribution is 1.97. The van der Waals surface area contributed by atoms with Crippen molar-refractivity contribution in [3.63, 3.8) is 0 Å². The van der Waals surface area contributed by atoms with E-state index in [1.807, 2.05) is 12.3 Å². The zero-order valence-corrected chi connectivity index (χ0v) is 7.17. The Morgan fingerprint density at radius 3 is 2.82 bits per heavy atom. The van der Waals surface area contributed by atoms with E-state index < -0.39 is 0 Å². The zero-order chi connectivity index (χ0) is 8.97. The van der Waals surface area contributed by atoms with Crippen molar-refractivity contribution in [1.82, 2.24) is 4.98 Å². The molecule has 1 heterocycles. The lowest BCUT2D eigenvalue weighted by Crippen LogP contribution is -2.27. The van der Waals surface area contributed by atoms with Crippen LogP contribution in [0.3, 0.4) is 0 Å². The van der Waals surface area contributed by atoms with Crippen molar-refractivity contribution in [2.24, 2.45) is 0 Å². The second kappa shape index (κ2) is 4.17. The molecule has 0 atom stereocenters. The van der Waals surface area contributed by atoms with Crippen molar-refractivity contribution in [2.45, 2.75) is 26.5 Å². The Labute approximate surface area is 70.3 Å². The summed E-state index contributed by atoms with van der Waals surface area (Å²) < 4.78 is 7.42. The lowest BCUT2D eigenvalue weighted by Gasteiger charge is -2.06. The molecule has 0 saturated heterocycles. The van der Waals surface area contributed by atoms with Gasteiger partial charge in [-0.2, -0.15) is 0 Å². The second-order valence-corrected chi connectivity index (χ2v) is 2.73. The van der Waals surface area contributed by atoms with Crippen molar-refractivity contribution in [1.29, 1.82) is 0 Å². The molecular weight excluding hydrogens is 133 g/mol. The highest BCUT2D eigenvalue weighted by Gasteiger charge is 2.09. The van der Waals surface area contributed by atoms with E-state index >= 15 is 0 Å². The summed E-state index contributed by atoms with van der Waals surface area (Å²) >= 11 is 0. The van der Waals surface area contributed by atoms with E-state index in [4.69, 9.17) is 1.37 Å². The smallest absolute Gasteiger partial charge is 0.177 e. The number of nitrogens with zero attached hydrogens (tertiary/aromatic N) is 1. The van der Waals surface area contributed by atoms with Crippen LogP contribution in [-0.2, 0) is 0 Å². The van der Waals surface area contributed by atoms with Gasteiger partial charge in [0.15, 0.2) is 6.71 Å². The van der Waals surface area contributed by atoms with Gasteiger partial charge in [-0.3, -0.25) is 4.98 Å². The van der Waals surface area contributed by atoms with Gasteiger partial charge in [-0.25, -0.2) is 0 Å². The van der Waals surface area contributed by atoms with Crippen LogP contribution in [0.5, 0.6) is 0 Å². The third-order valence-electron chi connectivity index (χ3n) is 2.08. The van der Waals surface area contributed by atoms with E-state index in [0.717, 1.165) is 12.6 Å². The molecule has 0 aliphatic heterocycles. The van der Waals surface area contributed by atoms with Gasteiger partial charge in [0, 0.05) is 12.4 Å². The van der Waals surface area contributed by atoms with Gasteiger partial charge in [-0.05, 0) is 6.04 Å². The van der Waals surface area contributed by atoms with E-state index in [-0.39, 0.29) is 0 Å². The van der Waals surface area contributed by atoms with Crippen LogP contribution in [0.15, 0.2) is 24.5 Å². The van der Waals surface area contributed by atoms with Gasteiger partial charge in [0.05, 0.1) is 1.37 Å². The van der Waals surface area contributed by atoms with E-state index in [0.29, 0.717) is 12.8 Å². The zero-order valence-electron chi connectivity index (χ0n) is 8.17. The molecule has 0 radical (unpaired) electrons. The Morgan fingerprint density at radius 2 is 2.27 bits per heavy atom. The van der Waals surface area contributed by atoms with Crippen molar-refractivity contribution < 1.29 is 1.37 Å². The first-order chi connectivity index (χ1) is 5.77. The van der Waals surface area contributed by atoms with Gasteiger partial charge < -0.3 is 0 Å². The fourth-order valence-corrected chi connectivity index (χ4v) is 1.32. The maximum absolute atomic E-state index is 7.42. The van der Waals surface area contributed by atoms with Crippen LogP contribution in [-0.4, -0.2) is 11.7 Å². The first-order valence-corrected chi connectivity index (χ1v) is 4.19. The third kappa shape index (κ3) is 2.07. The van der Waals surface area contributed by atoms with Crippen LogP contribution in [0.1, 0.15) is 15.2 Å². The topological polar surface area (TPSA) is 12.9 Å². The molecule has 0 aliphatic carbocycles. The molecule has 0 spiro atoms. The molecule has 0 N–H and O–H groups in total. The molecule has 0 saturated carbocycles. The van der Waals surface area contributed by atoms with Crippen LogP contribution >= 0.6 is 0 Å². The fraction of sp³-hybridized carbons (Fsp3) is 0.444. The van der Waals surface area contributed by atoms with Crippen LogP contribution in [0.2, 0.25) is 12.6 Å². The molecular formula is C9H14BN. The number of hydrogen-bond donors (Lipinski definition) is 0. The normalized spacial score (nSPS) is 10.9. The summed E-state index contributed by atoms with van der Waals surface area (Å²) in [6.45, 7) is 4.91. The quantitative estimate of drug-likeness (QED) is 0.595. The predicted octanol–water partition coefficient (Wildman–Crippen LogP) is 1.82. The SMILES string of the molecule is [2H]c1cncc(B(CC)CC)c1. The maximum atomic E-state index is 7.42. The molecule has 0 aromatic carbocycles. The van der Waals surface area contributed by atoms with Crippen molar-refractivity contribution in [3.05, 3.63) is 24.5 Å². The van der Waals surface area contributed by atoms with E-state index in [9.17, 15) is 0 Å². The molecule has 0 amide bonds. The molecule has 0 unspecified atom stereocenters. The Balaban J connectivity index is 2.85. The van der Waals surface area contributed by atoms with Gasteiger partial charge in [0.25, 0.3) is 0 Å². The number of pyridine rings is 1. The predicted molar refractivity (Wildman–Crippen MR) is 50.6 cm³/mol. The summed E-state index contributed by atoms with van der Waals surface area (Å²) in [5.41, 5.74) is 1.20. The fourth-order valence-electron chi connectivity index (χ4n) is 1.32. The summed E-state index contributed by atoms with van der Waals surface area (Å²) in [5, 5.41) is 0. The molecule has 0 fully saturated rings. The van der Waals surface area contributed by atoms with Crippen LogP contribution in [0.4, 0.5) is 0 Å². The third-order valence-corrected chi connectivity index (χ3v) is 2.08. The molecule has 1 aromatic rings. The Bertz CT molecular complexity index is 248. The minimum absolute atomic E-state index is 0.513. The highest BCUT2D eigenvalue weighted by atomic mass is 14.6. The molecule has 0 aliphatic rings. The van der Waals surface area contributed by atoms with Gasteiger partial charge in [-0.1, -0.05) is 38.0 Å². The number of aromatic nitrogens is 1. The summed E-state index contributed by atoms with van der Waals surface area (Å²) in [4.78, 5) is 4.01. The first kappa shape index (κ1) is 6.90. The van der Waals surface area contributed by atoms with Gasteiger partial charge in [-0.15, -0.1) is 0 Å². The Kier molecular flexibility index (Phi) is 2.61. The van der Waals surface area contributed by atoms with E-state index in [1.165, 1.54) is 5.46 Å². The first-order valence-electron chi connectivity index (χ1n) is 4.69. The highest BCUT2D eigenvalue weighted by molar-refractivity contribution is 6.72. The van der Waals surface area contributed by atoms with Crippen molar-refractivity contribution in [3.8, 4) is 0 Å². The van der Waals surface area contributed by atoms with Crippen LogP contribution in [0.25, 0.3) is 0 Å². The van der Waals surface area contributed by atoms with Crippen molar-refractivity contribution >= 4 is 12.2 Å². The van der Waals surface area contributed by atoms with Gasteiger partial charge in [0.1, 0.15) is 0 Å². The second-order valence-electron chi connectivity index (χ2n) is 2.73. The summed E-state index contributed by atoms with van der Waals surface area (Å²) in [6.07, 6.45) is 5.70. The average molecular weight is 148 g/mol. The molecule has 0 bridgehead atoms. The van der Waals surface area contributed by atoms with E-state index in [1.54, 1.807) is 6.20 Å². The Hall–Kier alpha value is -0.785. The van der Waals surface area contributed by atoms with Crippen LogP contribution < -0.4 is 5.46 Å². The molecule has 1 nitrogen and oxygen atoms in total. The lowest BCUT2D eigenvalue weighted by molar-refractivity contribution is 1.30. The van der Waals surface area contributed by atoms with E-state index in [2.05, 4.69) is 18.8 Å². The molecule has 11 heavy (non-hydrogen) atoms.